The molecular formula is C19H15N7O2S. The van der Waals surface area contributed by atoms with Gasteiger partial charge in [-0.2, -0.15) is 4.98 Å². The maximum Gasteiger partial charge on any atom is 0.271 e. The van der Waals surface area contributed by atoms with Gasteiger partial charge in [0, 0.05) is 12.2 Å². The summed E-state index contributed by atoms with van der Waals surface area (Å²) in [6.07, 6.45) is 3.62. The molecule has 10 heteroatoms. The van der Waals surface area contributed by atoms with Crippen molar-refractivity contribution in [2.45, 2.75) is 18.4 Å². The SMILES string of the molecule is Cc1noc2nc(CCSc3ncnc4nc[nH]c34)n(-c3ccccc3)c(=O)c12. The number of aromatic nitrogens is 7. The zero-order valence-corrected chi connectivity index (χ0v) is 16.2. The van der Waals surface area contributed by atoms with Gasteiger partial charge in [0.25, 0.3) is 11.3 Å². The van der Waals surface area contributed by atoms with Gasteiger partial charge in [-0.25, -0.2) is 15.0 Å². The molecule has 0 radical (unpaired) electrons. The standard InChI is InChI=1S/C19H15N7O2S/c1-11-14-17(28-25-11)24-13(26(19(14)27)12-5-3-2-4-6-12)7-8-29-18-15-16(21-9-20-15)22-10-23-18/h2-6,9-10H,7-8H2,1H3,(H,20,21,22,23). The van der Waals surface area contributed by atoms with Crippen molar-refractivity contribution in [3.05, 3.63) is 64.9 Å². The highest BCUT2D eigenvalue weighted by molar-refractivity contribution is 7.99. The van der Waals surface area contributed by atoms with Crippen LogP contribution in [0.4, 0.5) is 0 Å². The van der Waals surface area contributed by atoms with E-state index in [-0.39, 0.29) is 11.3 Å². The van der Waals surface area contributed by atoms with Crippen molar-refractivity contribution < 1.29 is 4.52 Å². The predicted octanol–water partition coefficient (Wildman–Crippen LogP) is 2.68. The summed E-state index contributed by atoms with van der Waals surface area (Å²) in [4.78, 5) is 33.4. The summed E-state index contributed by atoms with van der Waals surface area (Å²) in [6, 6.07) is 9.45. The molecule has 0 fully saturated rings. The zero-order valence-electron chi connectivity index (χ0n) is 15.4. The Morgan fingerprint density at radius 1 is 1.17 bits per heavy atom. The van der Waals surface area contributed by atoms with Crippen molar-refractivity contribution in [2.24, 2.45) is 0 Å². The first kappa shape index (κ1) is 17.6. The van der Waals surface area contributed by atoms with Crippen LogP contribution in [0, 0.1) is 6.92 Å². The maximum atomic E-state index is 13.2. The van der Waals surface area contributed by atoms with Crippen LogP contribution in [0.15, 0.2) is 57.3 Å². The summed E-state index contributed by atoms with van der Waals surface area (Å²) in [5, 5.41) is 5.11. The van der Waals surface area contributed by atoms with Gasteiger partial charge < -0.3 is 9.51 Å². The lowest BCUT2D eigenvalue weighted by Crippen LogP contribution is -2.24. The molecule has 144 valence electrons. The number of aromatic amines is 1. The molecule has 0 aliphatic heterocycles. The lowest BCUT2D eigenvalue weighted by molar-refractivity contribution is 0.441. The first-order chi connectivity index (χ1) is 14.2. The van der Waals surface area contributed by atoms with Crippen molar-refractivity contribution in [3.8, 4) is 5.69 Å². The number of nitrogens with one attached hydrogen (secondary N) is 1. The Labute approximate surface area is 168 Å². The van der Waals surface area contributed by atoms with Crippen LogP contribution in [0.2, 0.25) is 0 Å². The quantitative estimate of drug-likeness (QED) is 0.350. The van der Waals surface area contributed by atoms with Crippen LogP contribution in [0.1, 0.15) is 11.5 Å². The summed E-state index contributed by atoms with van der Waals surface area (Å²) in [5.41, 5.74) is 2.79. The summed E-state index contributed by atoms with van der Waals surface area (Å²) >= 11 is 1.55. The van der Waals surface area contributed by atoms with Gasteiger partial charge in [-0.05, 0) is 19.1 Å². The summed E-state index contributed by atoms with van der Waals surface area (Å²) in [5.74, 6) is 1.26. The van der Waals surface area contributed by atoms with Crippen molar-refractivity contribution in [2.75, 3.05) is 5.75 Å². The number of thioether (sulfide) groups is 1. The number of benzene rings is 1. The molecular weight excluding hydrogens is 390 g/mol. The lowest BCUT2D eigenvalue weighted by atomic mass is 10.2. The number of rotatable bonds is 5. The Kier molecular flexibility index (Phi) is 4.32. The van der Waals surface area contributed by atoms with E-state index in [1.165, 1.54) is 6.33 Å². The molecule has 1 aromatic carbocycles. The minimum absolute atomic E-state index is 0.182. The minimum atomic E-state index is -0.182. The third-order valence-corrected chi connectivity index (χ3v) is 5.51. The largest absolute Gasteiger partial charge is 0.341 e. The molecule has 29 heavy (non-hydrogen) atoms. The first-order valence-corrected chi connectivity index (χ1v) is 9.91. The van der Waals surface area contributed by atoms with E-state index in [1.807, 2.05) is 30.3 Å². The number of para-hydroxylation sites is 1. The maximum absolute atomic E-state index is 13.2. The monoisotopic (exact) mass is 405 g/mol. The van der Waals surface area contributed by atoms with E-state index in [2.05, 4.69) is 30.1 Å². The molecule has 0 saturated carbocycles. The molecule has 5 rings (SSSR count). The summed E-state index contributed by atoms with van der Waals surface area (Å²) < 4.78 is 6.88. The van der Waals surface area contributed by atoms with Gasteiger partial charge in [-0.3, -0.25) is 9.36 Å². The second-order valence-electron chi connectivity index (χ2n) is 6.33. The fraction of sp³-hybridized carbons (Fsp3) is 0.158. The van der Waals surface area contributed by atoms with E-state index in [0.29, 0.717) is 34.7 Å². The number of aryl methyl sites for hydroxylation is 2. The van der Waals surface area contributed by atoms with E-state index in [1.54, 1.807) is 29.6 Å². The molecule has 1 N–H and O–H groups in total. The molecule has 0 aliphatic rings. The molecule has 4 heterocycles. The van der Waals surface area contributed by atoms with Gasteiger partial charge in [0.05, 0.1) is 17.7 Å². The van der Waals surface area contributed by atoms with Crippen LogP contribution >= 0.6 is 11.8 Å². The molecule has 5 aromatic rings. The van der Waals surface area contributed by atoms with E-state index in [0.717, 1.165) is 16.2 Å². The Balaban J connectivity index is 1.52. The second kappa shape index (κ2) is 7.13. The van der Waals surface area contributed by atoms with E-state index in [9.17, 15) is 4.79 Å². The van der Waals surface area contributed by atoms with E-state index >= 15 is 0 Å². The van der Waals surface area contributed by atoms with E-state index < -0.39 is 0 Å². The van der Waals surface area contributed by atoms with Gasteiger partial charge in [0.2, 0.25) is 0 Å². The van der Waals surface area contributed by atoms with Crippen molar-refractivity contribution in [1.82, 2.24) is 34.6 Å². The molecule has 4 aromatic heterocycles. The molecule has 0 saturated heterocycles. The Hall–Kier alpha value is -3.53. The second-order valence-corrected chi connectivity index (χ2v) is 7.41. The van der Waals surface area contributed by atoms with Crippen molar-refractivity contribution in [1.29, 1.82) is 0 Å². The molecule has 9 nitrogen and oxygen atoms in total. The van der Waals surface area contributed by atoms with Gasteiger partial charge in [0.15, 0.2) is 5.65 Å². The van der Waals surface area contributed by atoms with Gasteiger partial charge in [-0.1, -0.05) is 23.4 Å². The lowest BCUT2D eigenvalue weighted by Gasteiger charge is -2.12. The van der Waals surface area contributed by atoms with Crippen LogP contribution in [-0.4, -0.2) is 40.4 Å². The third-order valence-electron chi connectivity index (χ3n) is 4.52. The highest BCUT2D eigenvalue weighted by Crippen LogP contribution is 2.23. The normalized spacial score (nSPS) is 11.5. The zero-order chi connectivity index (χ0) is 19.8. The number of H-pyrrole nitrogens is 1. The summed E-state index contributed by atoms with van der Waals surface area (Å²) in [7, 11) is 0. The average molecular weight is 405 g/mol. The number of hydrogen-bond acceptors (Lipinski definition) is 8. The van der Waals surface area contributed by atoms with Crippen LogP contribution in [0.25, 0.3) is 28.0 Å². The van der Waals surface area contributed by atoms with Gasteiger partial charge in [0.1, 0.15) is 28.1 Å². The summed E-state index contributed by atoms with van der Waals surface area (Å²) in [6.45, 7) is 1.74. The molecule has 0 bridgehead atoms. The smallest absolute Gasteiger partial charge is 0.271 e. The Morgan fingerprint density at radius 3 is 2.90 bits per heavy atom. The van der Waals surface area contributed by atoms with Crippen LogP contribution in [0.3, 0.4) is 0 Å². The Morgan fingerprint density at radius 2 is 2.03 bits per heavy atom. The molecule has 0 spiro atoms. The first-order valence-electron chi connectivity index (χ1n) is 8.92. The topological polar surface area (TPSA) is 115 Å². The third kappa shape index (κ3) is 3.07. The van der Waals surface area contributed by atoms with Crippen molar-refractivity contribution >= 4 is 34.0 Å². The van der Waals surface area contributed by atoms with Gasteiger partial charge >= 0.3 is 0 Å². The minimum Gasteiger partial charge on any atom is -0.341 e. The number of nitrogens with zero attached hydrogens (tertiary/aromatic N) is 6. The average Bonchev–Trinajstić information content (AvgIpc) is 3.36. The molecule has 0 amide bonds. The fourth-order valence-electron chi connectivity index (χ4n) is 3.18. The number of imidazole rings is 1. The number of hydrogen-bond donors (Lipinski definition) is 1. The highest BCUT2D eigenvalue weighted by Gasteiger charge is 2.18. The molecule has 0 aliphatic carbocycles. The van der Waals surface area contributed by atoms with Gasteiger partial charge in [-0.15, -0.1) is 11.8 Å². The molecule has 0 unspecified atom stereocenters. The van der Waals surface area contributed by atoms with Crippen molar-refractivity contribution in [3.63, 3.8) is 0 Å². The van der Waals surface area contributed by atoms with Crippen LogP contribution < -0.4 is 5.56 Å². The van der Waals surface area contributed by atoms with Crippen LogP contribution in [-0.2, 0) is 6.42 Å². The predicted molar refractivity (Wildman–Crippen MR) is 108 cm³/mol. The number of fused-ring (bicyclic) bond motifs is 2. The van der Waals surface area contributed by atoms with E-state index in [4.69, 9.17) is 4.52 Å². The van der Waals surface area contributed by atoms with Crippen LogP contribution in [0.5, 0.6) is 0 Å². The highest BCUT2D eigenvalue weighted by atomic mass is 32.2. The fourth-order valence-corrected chi connectivity index (χ4v) is 4.07. The Bertz CT molecular complexity index is 1370. The molecule has 0 atom stereocenters.